The summed E-state index contributed by atoms with van der Waals surface area (Å²) in [6.07, 6.45) is -1.01. The van der Waals surface area contributed by atoms with Crippen LogP contribution in [-0.2, 0) is 9.59 Å². The van der Waals surface area contributed by atoms with Gasteiger partial charge in [0, 0.05) is 0 Å². The van der Waals surface area contributed by atoms with Crippen LogP contribution in [0.3, 0.4) is 0 Å². The molecule has 15 heavy (non-hydrogen) atoms. The van der Waals surface area contributed by atoms with Crippen LogP contribution in [0.5, 0.6) is 0 Å². The van der Waals surface area contributed by atoms with Gasteiger partial charge in [-0.05, 0) is 12.8 Å². The predicted molar refractivity (Wildman–Crippen MR) is 54.1 cm³/mol. The second-order valence-electron chi connectivity index (χ2n) is 3.83. The lowest BCUT2D eigenvalue weighted by Crippen LogP contribution is -2.53. The Morgan fingerprint density at radius 3 is 2.00 bits per heavy atom. The van der Waals surface area contributed by atoms with E-state index in [1.807, 2.05) is 0 Å². The average molecular weight is 218 g/mol. The van der Waals surface area contributed by atoms with Crippen LogP contribution in [0.2, 0.25) is 0 Å². The van der Waals surface area contributed by atoms with Crippen molar-refractivity contribution in [2.24, 2.45) is 11.7 Å². The summed E-state index contributed by atoms with van der Waals surface area (Å²) in [6.45, 7) is 4.72. The minimum atomic E-state index is -1.11. The summed E-state index contributed by atoms with van der Waals surface area (Å²) in [7, 11) is 0. The van der Waals surface area contributed by atoms with E-state index < -0.39 is 30.1 Å². The van der Waals surface area contributed by atoms with Gasteiger partial charge in [0.25, 0.3) is 0 Å². The van der Waals surface area contributed by atoms with Gasteiger partial charge in [-0.3, -0.25) is 4.79 Å². The van der Waals surface area contributed by atoms with Crippen molar-refractivity contribution in [1.29, 1.82) is 0 Å². The Morgan fingerprint density at radius 1 is 1.27 bits per heavy atom. The van der Waals surface area contributed by atoms with Crippen molar-refractivity contribution in [3.05, 3.63) is 0 Å². The van der Waals surface area contributed by atoms with Crippen molar-refractivity contribution in [1.82, 2.24) is 5.32 Å². The first-order chi connectivity index (χ1) is 6.77. The maximum Gasteiger partial charge on any atom is 0.326 e. The first-order valence-corrected chi connectivity index (χ1v) is 4.74. The summed E-state index contributed by atoms with van der Waals surface area (Å²) < 4.78 is 0. The van der Waals surface area contributed by atoms with Crippen LogP contribution in [-0.4, -0.2) is 40.3 Å². The largest absolute Gasteiger partial charge is 0.480 e. The lowest BCUT2D eigenvalue weighted by atomic mass is 10.0. The second-order valence-corrected chi connectivity index (χ2v) is 3.83. The molecule has 0 aromatic rings. The number of aliphatic hydroxyl groups excluding tert-OH is 1. The molecule has 0 aromatic carbocycles. The molecule has 5 N–H and O–H groups in total. The molecule has 0 aliphatic heterocycles. The summed E-state index contributed by atoms with van der Waals surface area (Å²) in [6, 6.07) is -2.09. The van der Waals surface area contributed by atoms with Crippen LogP contribution in [0.15, 0.2) is 0 Å². The number of carbonyl (C=O) groups is 2. The fourth-order valence-electron chi connectivity index (χ4n) is 0.982. The Bertz CT molecular complexity index is 240. The van der Waals surface area contributed by atoms with Crippen molar-refractivity contribution in [3.63, 3.8) is 0 Å². The molecule has 0 rings (SSSR count). The number of nitrogens with one attached hydrogen (secondary N) is 1. The highest BCUT2D eigenvalue weighted by atomic mass is 16.4. The van der Waals surface area contributed by atoms with E-state index >= 15 is 0 Å². The van der Waals surface area contributed by atoms with Crippen LogP contribution in [0, 0.1) is 5.92 Å². The maximum atomic E-state index is 11.3. The predicted octanol–water partition coefficient (Wildman–Crippen LogP) is -1.08. The number of carbonyl (C=O) groups excluding carboxylic acids is 1. The minimum Gasteiger partial charge on any atom is -0.480 e. The topological polar surface area (TPSA) is 113 Å². The average Bonchev–Trinajstić information content (AvgIpc) is 2.11. The molecule has 0 fully saturated rings. The standard InChI is InChI=1S/C9H18N2O4/c1-4(2)7(9(14)15)11-8(13)6(10)5(3)12/h4-7,12H,10H2,1-3H3,(H,11,13)(H,14,15)/t5-,6+,7+/m1/s1. The Kier molecular flexibility index (Phi) is 5.24. The summed E-state index contributed by atoms with van der Waals surface area (Å²) in [5.74, 6) is -2.02. The third kappa shape index (κ3) is 4.26. The lowest BCUT2D eigenvalue weighted by Gasteiger charge is -2.21. The van der Waals surface area contributed by atoms with Crippen LogP contribution in [0.25, 0.3) is 0 Å². The monoisotopic (exact) mass is 218 g/mol. The fraction of sp³-hybridized carbons (Fsp3) is 0.778. The van der Waals surface area contributed by atoms with Gasteiger partial charge in [-0.1, -0.05) is 13.8 Å². The molecular weight excluding hydrogens is 200 g/mol. The molecule has 0 aromatic heterocycles. The zero-order valence-corrected chi connectivity index (χ0v) is 9.10. The molecule has 0 aliphatic rings. The van der Waals surface area contributed by atoms with Gasteiger partial charge in [-0.25, -0.2) is 4.79 Å². The normalized spacial score (nSPS) is 16.9. The second kappa shape index (κ2) is 5.67. The SMILES string of the molecule is CC(C)[C@H](NC(=O)[C@@H](N)[C@@H](C)O)C(=O)O. The summed E-state index contributed by atoms with van der Waals surface area (Å²) in [5.41, 5.74) is 5.35. The van der Waals surface area contributed by atoms with E-state index in [4.69, 9.17) is 15.9 Å². The molecule has 0 saturated heterocycles. The highest BCUT2D eigenvalue weighted by molar-refractivity contribution is 5.87. The first-order valence-electron chi connectivity index (χ1n) is 4.74. The Labute approximate surface area is 88.5 Å². The molecule has 6 heteroatoms. The molecule has 0 spiro atoms. The number of aliphatic carboxylic acids is 1. The van der Waals surface area contributed by atoms with Crippen LogP contribution >= 0.6 is 0 Å². The van der Waals surface area contributed by atoms with Gasteiger partial charge in [-0.15, -0.1) is 0 Å². The van der Waals surface area contributed by atoms with Crippen LogP contribution in [0.4, 0.5) is 0 Å². The zero-order chi connectivity index (χ0) is 12.2. The Morgan fingerprint density at radius 2 is 1.73 bits per heavy atom. The molecule has 0 unspecified atom stereocenters. The van der Waals surface area contributed by atoms with Gasteiger partial charge in [0.2, 0.25) is 5.91 Å². The molecule has 88 valence electrons. The van der Waals surface area contributed by atoms with E-state index in [0.29, 0.717) is 0 Å². The zero-order valence-electron chi connectivity index (χ0n) is 9.10. The number of amides is 1. The first kappa shape index (κ1) is 13.9. The van der Waals surface area contributed by atoms with E-state index in [0.717, 1.165) is 0 Å². The lowest BCUT2D eigenvalue weighted by molar-refractivity contribution is -0.143. The van der Waals surface area contributed by atoms with Crippen LogP contribution in [0.1, 0.15) is 20.8 Å². The van der Waals surface area contributed by atoms with Gasteiger partial charge in [0.05, 0.1) is 6.10 Å². The molecule has 0 heterocycles. The molecule has 0 saturated carbocycles. The molecule has 0 aliphatic carbocycles. The van der Waals surface area contributed by atoms with Gasteiger partial charge >= 0.3 is 5.97 Å². The molecule has 3 atom stereocenters. The molecule has 0 bridgehead atoms. The van der Waals surface area contributed by atoms with Gasteiger partial charge in [0.1, 0.15) is 12.1 Å². The highest BCUT2D eigenvalue weighted by Crippen LogP contribution is 2.02. The number of rotatable bonds is 5. The summed E-state index contributed by atoms with van der Waals surface area (Å²) >= 11 is 0. The van der Waals surface area contributed by atoms with E-state index in [1.165, 1.54) is 6.92 Å². The van der Waals surface area contributed by atoms with E-state index in [1.54, 1.807) is 13.8 Å². The number of carboxylic acid groups (broad SMARTS) is 1. The van der Waals surface area contributed by atoms with Crippen molar-refractivity contribution in [2.45, 2.75) is 39.0 Å². The van der Waals surface area contributed by atoms with E-state index in [-0.39, 0.29) is 5.92 Å². The molecule has 1 amide bonds. The van der Waals surface area contributed by atoms with Crippen molar-refractivity contribution < 1.29 is 19.8 Å². The van der Waals surface area contributed by atoms with Crippen molar-refractivity contribution >= 4 is 11.9 Å². The summed E-state index contributed by atoms with van der Waals surface area (Å²) in [5, 5.41) is 20.1. The number of carboxylic acids is 1. The maximum absolute atomic E-state index is 11.3. The van der Waals surface area contributed by atoms with Gasteiger partial charge < -0.3 is 21.3 Å². The highest BCUT2D eigenvalue weighted by Gasteiger charge is 2.27. The third-order valence-electron chi connectivity index (χ3n) is 2.05. The van der Waals surface area contributed by atoms with E-state index in [2.05, 4.69) is 5.32 Å². The Balaban J connectivity index is 4.43. The quantitative estimate of drug-likeness (QED) is 0.469. The Hall–Kier alpha value is -1.14. The fourth-order valence-corrected chi connectivity index (χ4v) is 0.982. The third-order valence-corrected chi connectivity index (χ3v) is 2.05. The minimum absolute atomic E-state index is 0.243. The number of nitrogens with two attached hydrogens (primary N) is 1. The molecule has 0 radical (unpaired) electrons. The van der Waals surface area contributed by atoms with Crippen molar-refractivity contribution in [3.8, 4) is 0 Å². The van der Waals surface area contributed by atoms with Gasteiger partial charge in [-0.2, -0.15) is 0 Å². The van der Waals surface area contributed by atoms with Gasteiger partial charge in [0.15, 0.2) is 0 Å². The molecule has 6 nitrogen and oxygen atoms in total. The van der Waals surface area contributed by atoms with Crippen molar-refractivity contribution in [2.75, 3.05) is 0 Å². The number of hydrogen-bond acceptors (Lipinski definition) is 4. The molecular formula is C9H18N2O4. The number of aliphatic hydroxyl groups is 1. The van der Waals surface area contributed by atoms with Crippen LogP contribution < -0.4 is 11.1 Å². The smallest absolute Gasteiger partial charge is 0.326 e. The number of hydrogen-bond donors (Lipinski definition) is 4. The summed E-state index contributed by atoms with van der Waals surface area (Å²) in [4.78, 5) is 22.1. The van der Waals surface area contributed by atoms with E-state index in [9.17, 15) is 9.59 Å².